The number of hydrogen-bond acceptors (Lipinski definition) is 6. The Kier molecular flexibility index (Phi) is 6.45. The Hall–Kier alpha value is -3.33. The highest BCUT2D eigenvalue weighted by Gasteiger charge is 2.18. The Morgan fingerprint density at radius 1 is 1.19 bits per heavy atom. The van der Waals surface area contributed by atoms with E-state index in [1.54, 1.807) is 11.7 Å². The average molecular weight is 452 g/mol. The van der Waals surface area contributed by atoms with Crippen molar-refractivity contribution in [2.45, 2.75) is 38.4 Å². The summed E-state index contributed by atoms with van der Waals surface area (Å²) < 4.78 is 8.86. The van der Waals surface area contributed by atoms with Gasteiger partial charge in [0, 0.05) is 6.54 Å². The van der Waals surface area contributed by atoms with E-state index >= 15 is 0 Å². The van der Waals surface area contributed by atoms with Crippen LogP contribution in [0.25, 0.3) is 16.7 Å². The highest BCUT2D eigenvalue weighted by molar-refractivity contribution is 7.99. The Bertz CT molecular complexity index is 1340. The molecule has 2 aromatic carbocycles. The van der Waals surface area contributed by atoms with Gasteiger partial charge in [0.15, 0.2) is 5.16 Å². The molecule has 0 spiro atoms. The summed E-state index contributed by atoms with van der Waals surface area (Å²) in [5, 5.41) is 12.6. The zero-order valence-electron chi connectivity index (χ0n) is 18.3. The van der Waals surface area contributed by atoms with Gasteiger partial charge in [0.25, 0.3) is 5.56 Å². The van der Waals surface area contributed by atoms with Gasteiger partial charge in [-0.05, 0) is 43.2 Å². The lowest BCUT2D eigenvalue weighted by molar-refractivity contribution is -0.113. The van der Waals surface area contributed by atoms with Gasteiger partial charge in [-0.1, -0.05) is 43.3 Å². The Morgan fingerprint density at radius 3 is 2.78 bits per heavy atom. The van der Waals surface area contributed by atoms with Gasteiger partial charge in [-0.25, -0.2) is 0 Å². The van der Waals surface area contributed by atoms with Gasteiger partial charge in [0.2, 0.25) is 11.7 Å². The maximum Gasteiger partial charge on any atom is 0.262 e. The number of carbonyl (C=O) groups is 1. The largest absolute Gasteiger partial charge is 0.495 e. The van der Waals surface area contributed by atoms with Gasteiger partial charge in [-0.3, -0.25) is 18.6 Å². The third kappa shape index (κ3) is 4.20. The molecule has 0 radical (unpaired) electrons. The first kappa shape index (κ1) is 21.9. The van der Waals surface area contributed by atoms with Crippen molar-refractivity contribution in [3.8, 4) is 5.75 Å². The van der Waals surface area contributed by atoms with Crippen molar-refractivity contribution >= 4 is 40.0 Å². The van der Waals surface area contributed by atoms with Crippen LogP contribution in [0, 0.1) is 6.92 Å². The molecule has 0 atom stereocenters. The molecule has 0 unspecified atom stereocenters. The summed E-state index contributed by atoms with van der Waals surface area (Å²) in [6.45, 7) is 4.60. The number of nitrogens with zero attached hydrogens (tertiary/aromatic N) is 4. The SMILES string of the molecule is CCCCn1c(=O)c2ccccc2n2c(SCC(=O)Nc3cc(C)ccc3OC)nnc12. The van der Waals surface area contributed by atoms with Crippen LogP contribution in [0.2, 0.25) is 0 Å². The molecule has 0 aliphatic rings. The second kappa shape index (κ2) is 9.44. The molecule has 0 saturated carbocycles. The lowest BCUT2D eigenvalue weighted by atomic mass is 10.2. The van der Waals surface area contributed by atoms with E-state index < -0.39 is 0 Å². The maximum absolute atomic E-state index is 13.0. The minimum absolute atomic E-state index is 0.0743. The zero-order chi connectivity index (χ0) is 22.7. The highest BCUT2D eigenvalue weighted by atomic mass is 32.2. The molecular weight excluding hydrogens is 426 g/mol. The van der Waals surface area contributed by atoms with Crippen LogP contribution in [0.5, 0.6) is 5.75 Å². The topological polar surface area (TPSA) is 90.5 Å². The molecular formula is C23H25N5O3S. The number of anilines is 1. The molecule has 1 amide bonds. The third-order valence-corrected chi connectivity index (χ3v) is 6.10. The van der Waals surface area contributed by atoms with Gasteiger partial charge < -0.3 is 10.1 Å². The van der Waals surface area contributed by atoms with Crippen LogP contribution in [0.4, 0.5) is 5.69 Å². The van der Waals surface area contributed by atoms with Crippen LogP contribution in [-0.4, -0.2) is 37.9 Å². The first-order valence-electron chi connectivity index (χ1n) is 10.5. The fraction of sp³-hybridized carbons (Fsp3) is 0.304. The van der Waals surface area contributed by atoms with Gasteiger partial charge in [-0.2, -0.15) is 0 Å². The van der Waals surface area contributed by atoms with Crippen LogP contribution >= 0.6 is 11.8 Å². The first-order chi connectivity index (χ1) is 15.5. The fourth-order valence-electron chi connectivity index (χ4n) is 3.58. The number of ether oxygens (including phenoxy) is 1. The molecule has 0 saturated heterocycles. The number of carbonyl (C=O) groups excluding carboxylic acids is 1. The van der Waals surface area contributed by atoms with Crippen molar-refractivity contribution in [1.29, 1.82) is 0 Å². The van der Waals surface area contributed by atoms with Gasteiger partial charge in [0.1, 0.15) is 5.75 Å². The lowest BCUT2D eigenvalue weighted by Crippen LogP contribution is -2.23. The predicted octanol–water partition coefficient (Wildman–Crippen LogP) is 3.89. The van der Waals surface area contributed by atoms with Crippen molar-refractivity contribution in [2.75, 3.05) is 18.2 Å². The fourth-order valence-corrected chi connectivity index (χ4v) is 4.32. The summed E-state index contributed by atoms with van der Waals surface area (Å²) in [6, 6.07) is 13.0. The summed E-state index contributed by atoms with van der Waals surface area (Å²) in [6.07, 6.45) is 1.83. The van der Waals surface area contributed by atoms with Crippen molar-refractivity contribution in [3.05, 3.63) is 58.4 Å². The van der Waals surface area contributed by atoms with E-state index in [4.69, 9.17) is 4.74 Å². The Balaban J connectivity index is 1.64. The number of amides is 1. The maximum atomic E-state index is 13.0. The second-order valence-electron chi connectivity index (χ2n) is 7.49. The molecule has 32 heavy (non-hydrogen) atoms. The molecule has 4 rings (SSSR count). The average Bonchev–Trinajstić information content (AvgIpc) is 3.22. The summed E-state index contributed by atoms with van der Waals surface area (Å²) in [5.41, 5.74) is 2.31. The van der Waals surface area contributed by atoms with Crippen LogP contribution in [0.3, 0.4) is 0 Å². The van der Waals surface area contributed by atoms with Crippen molar-refractivity contribution in [2.24, 2.45) is 0 Å². The van der Waals surface area contributed by atoms with E-state index in [1.807, 2.05) is 53.8 Å². The smallest absolute Gasteiger partial charge is 0.262 e. The van der Waals surface area contributed by atoms with Crippen LogP contribution in [0.15, 0.2) is 52.4 Å². The molecule has 0 bridgehead atoms. The van der Waals surface area contributed by atoms with E-state index in [0.717, 1.165) is 23.9 Å². The molecule has 2 aromatic heterocycles. The molecule has 2 heterocycles. The van der Waals surface area contributed by atoms with Gasteiger partial charge >= 0.3 is 0 Å². The number of hydrogen-bond donors (Lipinski definition) is 1. The van der Waals surface area contributed by atoms with Crippen molar-refractivity contribution in [3.63, 3.8) is 0 Å². The predicted molar refractivity (Wildman–Crippen MR) is 127 cm³/mol. The van der Waals surface area contributed by atoms with Crippen LogP contribution in [0.1, 0.15) is 25.3 Å². The number of aromatic nitrogens is 4. The number of fused-ring (bicyclic) bond motifs is 3. The number of rotatable bonds is 8. The molecule has 0 aliphatic carbocycles. The van der Waals surface area contributed by atoms with Crippen LogP contribution < -0.4 is 15.6 Å². The standard InChI is InChI=1S/C23H25N5O3S/c1-4-5-12-27-21(30)16-8-6-7-9-18(16)28-22(27)25-26-23(28)32-14-20(29)24-17-13-15(2)10-11-19(17)31-3/h6-11,13H,4-5,12,14H2,1-3H3,(H,24,29). The third-order valence-electron chi connectivity index (χ3n) is 5.17. The number of methoxy groups -OCH3 is 1. The van der Waals surface area contributed by atoms with E-state index in [1.165, 1.54) is 11.8 Å². The first-order valence-corrected chi connectivity index (χ1v) is 11.5. The van der Waals surface area contributed by atoms with E-state index in [0.29, 0.717) is 34.3 Å². The number of thioether (sulfide) groups is 1. The van der Waals surface area contributed by atoms with E-state index in [-0.39, 0.29) is 17.2 Å². The molecule has 0 aliphatic heterocycles. The number of unbranched alkanes of at least 4 members (excludes halogenated alkanes) is 1. The summed E-state index contributed by atoms with van der Waals surface area (Å²) in [4.78, 5) is 25.7. The minimum atomic E-state index is -0.181. The number of nitrogens with one attached hydrogen (secondary N) is 1. The van der Waals surface area contributed by atoms with Crippen molar-refractivity contribution < 1.29 is 9.53 Å². The van der Waals surface area contributed by atoms with E-state index in [9.17, 15) is 9.59 Å². The summed E-state index contributed by atoms with van der Waals surface area (Å²) in [5.74, 6) is 1.05. The molecule has 1 N–H and O–H groups in total. The highest BCUT2D eigenvalue weighted by Crippen LogP contribution is 2.26. The van der Waals surface area contributed by atoms with Crippen molar-refractivity contribution in [1.82, 2.24) is 19.2 Å². The summed E-state index contributed by atoms with van der Waals surface area (Å²) in [7, 11) is 1.57. The Morgan fingerprint density at radius 2 is 2.00 bits per heavy atom. The van der Waals surface area contributed by atoms with Gasteiger partial charge in [-0.15, -0.1) is 10.2 Å². The number of benzene rings is 2. The van der Waals surface area contributed by atoms with E-state index in [2.05, 4.69) is 22.4 Å². The van der Waals surface area contributed by atoms with Gasteiger partial charge in [0.05, 0.1) is 29.5 Å². The monoisotopic (exact) mass is 451 g/mol. The quantitative estimate of drug-likeness (QED) is 0.409. The zero-order valence-corrected chi connectivity index (χ0v) is 19.1. The second-order valence-corrected chi connectivity index (χ2v) is 8.43. The molecule has 9 heteroatoms. The molecule has 4 aromatic rings. The molecule has 0 fully saturated rings. The molecule has 8 nitrogen and oxygen atoms in total. The Labute approximate surface area is 189 Å². The molecule has 166 valence electrons. The number of para-hydroxylation sites is 1. The van der Waals surface area contributed by atoms with Crippen LogP contribution in [-0.2, 0) is 11.3 Å². The lowest BCUT2D eigenvalue weighted by Gasteiger charge is -2.12. The normalized spacial score (nSPS) is 11.2. The number of aryl methyl sites for hydroxylation is 2. The summed E-state index contributed by atoms with van der Waals surface area (Å²) >= 11 is 1.28. The minimum Gasteiger partial charge on any atom is -0.495 e.